The van der Waals surface area contributed by atoms with Crippen LogP contribution in [0.15, 0.2) is 30.3 Å². The molecule has 1 saturated carbocycles. The van der Waals surface area contributed by atoms with Crippen molar-refractivity contribution in [3.05, 3.63) is 30.3 Å². The summed E-state index contributed by atoms with van der Waals surface area (Å²) in [5, 5.41) is 12.6. The fourth-order valence-electron chi connectivity index (χ4n) is 2.70. The van der Waals surface area contributed by atoms with Crippen molar-refractivity contribution in [1.29, 1.82) is 0 Å². The average Bonchev–Trinajstić information content (AvgIpc) is 2.48. The number of nitrogens with zero attached hydrogens (tertiary/aromatic N) is 1. The highest BCUT2D eigenvalue weighted by Crippen LogP contribution is 2.24. The lowest BCUT2D eigenvalue weighted by Gasteiger charge is -2.25. The van der Waals surface area contributed by atoms with E-state index in [-0.39, 0.29) is 17.9 Å². The maximum atomic E-state index is 12.0. The van der Waals surface area contributed by atoms with Gasteiger partial charge in [-0.05, 0) is 31.4 Å². The number of anilines is 1. The Kier molecular flexibility index (Phi) is 5.41. The summed E-state index contributed by atoms with van der Waals surface area (Å²) in [7, 11) is 2.02. The van der Waals surface area contributed by atoms with Crippen LogP contribution in [0.25, 0.3) is 0 Å². The highest BCUT2D eigenvalue weighted by atomic mass is 16.3. The normalized spacial score (nSPS) is 22.3. The van der Waals surface area contributed by atoms with Crippen LogP contribution in [0.3, 0.4) is 0 Å². The van der Waals surface area contributed by atoms with Crippen molar-refractivity contribution in [3.63, 3.8) is 0 Å². The Hall–Kier alpha value is -1.55. The van der Waals surface area contributed by atoms with Crippen LogP contribution in [-0.2, 0) is 4.79 Å². The quantitative estimate of drug-likeness (QED) is 0.862. The Morgan fingerprint density at radius 3 is 2.80 bits per heavy atom. The number of carbonyl (C=O) groups is 1. The number of amides is 1. The zero-order valence-corrected chi connectivity index (χ0v) is 12.1. The third-order valence-electron chi connectivity index (χ3n) is 3.96. The summed E-state index contributed by atoms with van der Waals surface area (Å²) in [6, 6.07) is 10.1. The largest absolute Gasteiger partial charge is 0.393 e. The van der Waals surface area contributed by atoms with Gasteiger partial charge >= 0.3 is 0 Å². The molecule has 1 aliphatic carbocycles. The van der Waals surface area contributed by atoms with Gasteiger partial charge in [-0.1, -0.05) is 24.6 Å². The number of hydrogen-bond donors (Lipinski definition) is 2. The number of carbonyl (C=O) groups excluding carboxylic acids is 1. The first-order valence-corrected chi connectivity index (χ1v) is 7.39. The highest BCUT2D eigenvalue weighted by molar-refractivity contribution is 5.78. The molecule has 4 heteroatoms. The van der Waals surface area contributed by atoms with E-state index in [1.165, 1.54) is 0 Å². The molecule has 0 saturated heterocycles. The summed E-state index contributed by atoms with van der Waals surface area (Å²) < 4.78 is 0. The van der Waals surface area contributed by atoms with Crippen LogP contribution >= 0.6 is 0 Å². The van der Waals surface area contributed by atoms with Gasteiger partial charge in [0.25, 0.3) is 0 Å². The number of likely N-dealkylation sites (N-methyl/N-ethyl adjacent to an activating group) is 1. The van der Waals surface area contributed by atoms with Gasteiger partial charge < -0.3 is 15.3 Å². The van der Waals surface area contributed by atoms with E-state index >= 15 is 0 Å². The lowest BCUT2D eigenvalue weighted by molar-refractivity contribution is -0.127. The van der Waals surface area contributed by atoms with E-state index in [9.17, 15) is 9.90 Å². The Labute approximate surface area is 120 Å². The predicted octanol–water partition coefficient (Wildman–Crippen LogP) is 1.79. The molecule has 0 spiro atoms. The molecule has 0 radical (unpaired) electrons. The summed E-state index contributed by atoms with van der Waals surface area (Å²) in [5.41, 5.74) is 1.15. The van der Waals surface area contributed by atoms with Crippen LogP contribution in [0.4, 0.5) is 5.69 Å². The molecule has 0 heterocycles. The Morgan fingerprint density at radius 1 is 1.35 bits per heavy atom. The third kappa shape index (κ3) is 4.23. The van der Waals surface area contributed by atoms with Gasteiger partial charge in [-0.2, -0.15) is 0 Å². The Balaban J connectivity index is 1.71. The molecular formula is C16H24N2O2. The van der Waals surface area contributed by atoms with Gasteiger partial charge in [0.1, 0.15) is 0 Å². The van der Waals surface area contributed by atoms with Crippen LogP contribution in [-0.4, -0.2) is 37.3 Å². The molecule has 1 aromatic rings. The average molecular weight is 276 g/mol. The lowest BCUT2D eigenvalue weighted by atomic mass is 9.87. The van der Waals surface area contributed by atoms with E-state index < -0.39 is 0 Å². The van der Waals surface area contributed by atoms with Gasteiger partial charge in [-0.3, -0.25) is 4.79 Å². The summed E-state index contributed by atoms with van der Waals surface area (Å²) in [5.74, 6) is 0.0750. The first-order valence-electron chi connectivity index (χ1n) is 7.39. The van der Waals surface area contributed by atoms with Gasteiger partial charge in [0.05, 0.1) is 6.10 Å². The van der Waals surface area contributed by atoms with E-state index in [1.54, 1.807) is 0 Å². The number of nitrogens with one attached hydrogen (secondary N) is 1. The number of aliphatic hydroxyl groups is 1. The van der Waals surface area contributed by atoms with Crippen molar-refractivity contribution in [3.8, 4) is 0 Å². The predicted molar refractivity (Wildman–Crippen MR) is 80.7 cm³/mol. The minimum atomic E-state index is -0.300. The SMILES string of the molecule is CN(CCNC(=O)[C@@H]1CCC[C@@H](O)C1)c1ccccc1. The second-order valence-corrected chi connectivity index (χ2v) is 5.57. The Morgan fingerprint density at radius 2 is 2.10 bits per heavy atom. The van der Waals surface area contributed by atoms with Gasteiger partial charge in [0.15, 0.2) is 0 Å². The molecule has 1 aliphatic rings. The van der Waals surface area contributed by atoms with Crippen molar-refractivity contribution < 1.29 is 9.90 Å². The van der Waals surface area contributed by atoms with E-state index in [1.807, 2.05) is 25.2 Å². The van der Waals surface area contributed by atoms with Crippen LogP contribution in [0, 0.1) is 5.92 Å². The minimum Gasteiger partial charge on any atom is -0.393 e. The fraction of sp³-hybridized carbons (Fsp3) is 0.562. The third-order valence-corrected chi connectivity index (χ3v) is 3.96. The number of aliphatic hydroxyl groups excluding tert-OH is 1. The van der Waals surface area contributed by atoms with Gasteiger partial charge in [-0.15, -0.1) is 0 Å². The number of benzene rings is 1. The summed E-state index contributed by atoms with van der Waals surface area (Å²) in [4.78, 5) is 14.1. The number of rotatable bonds is 5. The number of hydrogen-bond acceptors (Lipinski definition) is 3. The monoisotopic (exact) mass is 276 g/mol. The van der Waals surface area contributed by atoms with E-state index in [4.69, 9.17) is 0 Å². The van der Waals surface area contributed by atoms with Gasteiger partial charge in [-0.25, -0.2) is 0 Å². The van der Waals surface area contributed by atoms with Crippen LogP contribution in [0.2, 0.25) is 0 Å². The molecule has 2 atom stereocenters. The van der Waals surface area contributed by atoms with E-state index in [0.29, 0.717) is 13.0 Å². The maximum Gasteiger partial charge on any atom is 0.223 e. The highest BCUT2D eigenvalue weighted by Gasteiger charge is 2.25. The van der Waals surface area contributed by atoms with E-state index in [2.05, 4.69) is 22.3 Å². The lowest BCUT2D eigenvalue weighted by Crippen LogP contribution is -2.38. The summed E-state index contributed by atoms with van der Waals surface area (Å²) in [6.07, 6.45) is 2.99. The van der Waals surface area contributed by atoms with Gasteiger partial charge in [0, 0.05) is 31.7 Å². The molecule has 0 unspecified atom stereocenters. The molecule has 0 aliphatic heterocycles. The molecule has 20 heavy (non-hydrogen) atoms. The first kappa shape index (κ1) is 14.9. The van der Waals surface area contributed by atoms with Gasteiger partial charge in [0.2, 0.25) is 5.91 Å². The molecule has 110 valence electrons. The molecule has 1 amide bonds. The molecule has 2 rings (SSSR count). The van der Waals surface area contributed by atoms with Crippen LogP contribution < -0.4 is 10.2 Å². The van der Waals surface area contributed by atoms with Crippen molar-refractivity contribution in [2.45, 2.75) is 31.8 Å². The molecular weight excluding hydrogens is 252 g/mol. The minimum absolute atomic E-state index is 0.0132. The number of para-hydroxylation sites is 1. The molecule has 1 fully saturated rings. The molecule has 4 nitrogen and oxygen atoms in total. The Bertz CT molecular complexity index is 422. The molecule has 2 N–H and O–H groups in total. The van der Waals surface area contributed by atoms with Crippen molar-refractivity contribution in [1.82, 2.24) is 5.32 Å². The summed E-state index contributed by atoms with van der Waals surface area (Å²) in [6.45, 7) is 1.42. The smallest absolute Gasteiger partial charge is 0.223 e. The second kappa shape index (κ2) is 7.29. The topological polar surface area (TPSA) is 52.6 Å². The maximum absolute atomic E-state index is 12.0. The molecule has 0 aromatic heterocycles. The van der Waals surface area contributed by atoms with Crippen molar-refractivity contribution in [2.75, 3.05) is 25.0 Å². The van der Waals surface area contributed by atoms with Crippen molar-refractivity contribution in [2.24, 2.45) is 5.92 Å². The van der Waals surface area contributed by atoms with Crippen molar-refractivity contribution >= 4 is 11.6 Å². The first-order chi connectivity index (χ1) is 9.66. The standard InChI is InChI=1S/C16H24N2O2/c1-18(14-7-3-2-4-8-14)11-10-17-16(20)13-6-5-9-15(19)12-13/h2-4,7-8,13,15,19H,5-6,9-12H2,1H3,(H,17,20)/t13-,15-/m1/s1. The fourth-order valence-corrected chi connectivity index (χ4v) is 2.70. The van der Waals surface area contributed by atoms with Crippen LogP contribution in [0.1, 0.15) is 25.7 Å². The summed E-state index contributed by atoms with van der Waals surface area (Å²) >= 11 is 0. The molecule has 0 bridgehead atoms. The van der Waals surface area contributed by atoms with Crippen LogP contribution in [0.5, 0.6) is 0 Å². The zero-order chi connectivity index (χ0) is 14.4. The zero-order valence-electron chi connectivity index (χ0n) is 12.1. The van der Waals surface area contributed by atoms with E-state index in [0.717, 1.165) is 31.5 Å². The second-order valence-electron chi connectivity index (χ2n) is 5.57. The molecule has 1 aromatic carbocycles.